The summed E-state index contributed by atoms with van der Waals surface area (Å²) in [6, 6.07) is 54.0. The lowest BCUT2D eigenvalue weighted by atomic mass is 9.92. The van der Waals surface area contributed by atoms with Gasteiger partial charge in [0.1, 0.15) is 12.0 Å². The first-order valence-corrected chi connectivity index (χ1v) is 16.9. The van der Waals surface area contributed by atoms with Crippen molar-refractivity contribution in [2.75, 3.05) is 0 Å². The molecule has 4 heteroatoms. The van der Waals surface area contributed by atoms with E-state index in [9.17, 15) is 0 Å². The Morgan fingerprint density at radius 3 is 1.69 bits per heavy atom. The molecule has 1 aliphatic carbocycles. The molecule has 7 aromatic rings. The number of hydrogen-bond donors (Lipinski definition) is 1. The minimum absolute atomic E-state index is 0.266. The first-order valence-electron chi connectivity index (χ1n) is 16.9. The SMILES string of the molecule is C1=CC(C2=NC(c3ccccc3)NC(c3cc(-c4ccccc4)c(-n4c5ccccc5c5ccccc54)c(-c4ccccc4)c3)=N2)=CCC1. The van der Waals surface area contributed by atoms with E-state index in [4.69, 9.17) is 9.98 Å². The Balaban J connectivity index is 1.34. The van der Waals surface area contributed by atoms with Crippen molar-refractivity contribution < 1.29 is 0 Å². The molecule has 1 aromatic heterocycles. The minimum atomic E-state index is -0.266. The topological polar surface area (TPSA) is 41.7 Å². The van der Waals surface area contributed by atoms with E-state index in [1.165, 1.54) is 21.8 Å². The third kappa shape index (κ3) is 5.28. The molecule has 1 unspecified atom stereocenters. The van der Waals surface area contributed by atoms with Crippen LogP contribution in [0, 0.1) is 0 Å². The fraction of sp³-hybridized carbons (Fsp3) is 0.0667. The molecule has 0 amide bonds. The van der Waals surface area contributed by atoms with E-state index < -0.39 is 0 Å². The Morgan fingerprint density at radius 2 is 1.12 bits per heavy atom. The molecule has 2 heterocycles. The van der Waals surface area contributed by atoms with Crippen molar-refractivity contribution in [3.05, 3.63) is 187 Å². The molecule has 2 aliphatic rings. The van der Waals surface area contributed by atoms with Gasteiger partial charge in [0, 0.05) is 33.0 Å². The monoisotopic (exact) mass is 630 g/mol. The zero-order chi connectivity index (χ0) is 32.6. The summed E-state index contributed by atoms with van der Waals surface area (Å²) in [6.45, 7) is 0. The predicted molar refractivity (Wildman–Crippen MR) is 204 cm³/mol. The fourth-order valence-corrected chi connectivity index (χ4v) is 7.16. The lowest BCUT2D eigenvalue weighted by Gasteiger charge is -2.26. The Labute approximate surface area is 286 Å². The van der Waals surface area contributed by atoms with Crippen LogP contribution in [0.3, 0.4) is 0 Å². The molecular formula is C45H34N4. The number of amidine groups is 2. The Morgan fingerprint density at radius 1 is 0.571 bits per heavy atom. The van der Waals surface area contributed by atoms with Gasteiger partial charge in [-0.15, -0.1) is 0 Å². The lowest BCUT2D eigenvalue weighted by molar-refractivity contribution is 0.674. The summed E-state index contributed by atoms with van der Waals surface area (Å²) in [7, 11) is 0. The average Bonchev–Trinajstić information content (AvgIpc) is 3.52. The van der Waals surface area contributed by atoms with E-state index >= 15 is 0 Å². The third-order valence-corrected chi connectivity index (χ3v) is 9.47. The molecule has 4 nitrogen and oxygen atoms in total. The maximum absolute atomic E-state index is 5.24. The Hall–Kier alpha value is -6.26. The van der Waals surface area contributed by atoms with E-state index in [1.807, 2.05) is 6.07 Å². The average molecular weight is 631 g/mol. The second-order valence-corrected chi connectivity index (χ2v) is 12.5. The van der Waals surface area contributed by atoms with Crippen LogP contribution in [0.5, 0.6) is 0 Å². The second-order valence-electron chi connectivity index (χ2n) is 12.5. The normalized spacial score (nSPS) is 15.8. The van der Waals surface area contributed by atoms with E-state index in [1.54, 1.807) is 0 Å². The summed E-state index contributed by atoms with van der Waals surface area (Å²) in [4.78, 5) is 10.4. The molecule has 0 spiro atoms. The third-order valence-electron chi connectivity index (χ3n) is 9.47. The Bertz CT molecular complexity index is 2340. The molecule has 1 N–H and O–H groups in total. The van der Waals surface area contributed by atoms with Crippen LogP contribution in [-0.2, 0) is 0 Å². The molecule has 0 saturated carbocycles. The number of nitrogens with zero attached hydrogens (tertiary/aromatic N) is 3. The molecule has 234 valence electrons. The van der Waals surface area contributed by atoms with Gasteiger partial charge in [0.2, 0.25) is 0 Å². The van der Waals surface area contributed by atoms with Crippen molar-refractivity contribution in [2.45, 2.75) is 19.0 Å². The van der Waals surface area contributed by atoms with Crippen LogP contribution in [0.1, 0.15) is 30.1 Å². The number of hydrogen-bond acceptors (Lipinski definition) is 3. The van der Waals surface area contributed by atoms with Crippen LogP contribution in [0.2, 0.25) is 0 Å². The van der Waals surface area contributed by atoms with Crippen molar-refractivity contribution in [3.8, 4) is 27.9 Å². The standard InChI is InChI=1S/C45H34N4/c1-5-17-31(18-6-1)38-29-35(45-47-43(33-21-9-3-10-22-33)46-44(48-45)34-23-11-4-12-24-34)30-39(32-19-7-2-8-20-32)42(38)49-40-27-15-13-25-36(40)37-26-14-16-28-41(37)49/h1-3,5-11,13-30,43H,4,12H2,(H,46,47,48). The van der Waals surface area contributed by atoms with Crippen LogP contribution in [0.15, 0.2) is 185 Å². The second kappa shape index (κ2) is 12.4. The van der Waals surface area contributed by atoms with Gasteiger partial charge in [-0.2, -0.15) is 0 Å². The smallest absolute Gasteiger partial charge is 0.159 e. The van der Waals surface area contributed by atoms with Gasteiger partial charge in [0.05, 0.1) is 16.7 Å². The van der Waals surface area contributed by atoms with E-state index in [-0.39, 0.29) is 6.17 Å². The molecule has 0 bridgehead atoms. The van der Waals surface area contributed by atoms with Crippen LogP contribution in [0.4, 0.5) is 0 Å². The zero-order valence-electron chi connectivity index (χ0n) is 27.0. The summed E-state index contributed by atoms with van der Waals surface area (Å²) >= 11 is 0. The van der Waals surface area contributed by atoms with Gasteiger partial charge in [-0.3, -0.25) is 0 Å². The molecule has 6 aromatic carbocycles. The largest absolute Gasteiger partial charge is 0.344 e. The van der Waals surface area contributed by atoms with Crippen LogP contribution < -0.4 is 5.32 Å². The molecule has 9 rings (SSSR count). The summed E-state index contributed by atoms with van der Waals surface area (Å²) < 4.78 is 2.45. The number of aromatic nitrogens is 1. The highest BCUT2D eigenvalue weighted by Gasteiger charge is 2.26. The number of nitrogens with one attached hydrogen (secondary N) is 1. The van der Waals surface area contributed by atoms with Crippen molar-refractivity contribution >= 4 is 33.5 Å². The van der Waals surface area contributed by atoms with E-state index in [0.717, 1.165) is 69.2 Å². The number of allylic oxidation sites excluding steroid dienone is 2. The van der Waals surface area contributed by atoms with Gasteiger partial charge in [0.15, 0.2) is 5.84 Å². The molecule has 49 heavy (non-hydrogen) atoms. The van der Waals surface area contributed by atoms with Crippen molar-refractivity contribution in [1.82, 2.24) is 9.88 Å². The number of benzene rings is 6. The van der Waals surface area contributed by atoms with Crippen LogP contribution >= 0.6 is 0 Å². The van der Waals surface area contributed by atoms with Gasteiger partial charge in [-0.25, -0.2) is 9.98 Å². The van der Waals surface area contributed by atoms with Gasteiger partial charge in [0.25, 0.3) is 0 Å². The molecule has 0 radical (unpaired) electrons. The van der Waals surface area contributed by atoms with Crippen LogP contribution in [-0.4, -0.2) is 16.2 Å². The maximum atomic E-state index is 5.24. The summed E-state index contributed by atoms with van der Waals surface area (Å²) in [5, 5.41) is 6.20. The highest BCUT2D eigenvalue weighted by molar-refractivity contribution is 6.15. The highest BCUT2D eigenvalue weighted by Crippen LogP contribution is 2.42. The molecular weight excluding hydrogens is 597 g/mol. The predicted octanol–water partition coefficient (Wildman–Crippen LogP) is 10.8. The summed E-state index contributed by atoms with van der Waals surface area (Å²) in [5.41, 5.74) is 11.2. The zero-order valence-corrected chi connectivity index (χ0v) is 27.0. The van der Waals surface area contributed by atoms with Gasteiger partial charge in [-0.1, -0.05) is 146 Å². The van der Waals surface area contributed by atoms with Gasteiger partial charge in [-0.05, 0) is 53.8 Å². The number of rotatable bonds is 6. The first-order chi connectivity index (χ1) is 24.3. The van der Waals surface area contributed by atoms with Crippen molar-refractivity contribution in [1.29, 1.82) is 0 Å². The Kier molecular flexibility index (Phi) is 7.32. The summed E-state index contributed by atoms with van der Waals surface area (Å²) in [6.07, 6.45) is 8.39. The van der Waals surface area contributed by atoms with Gasteiger partial charge >= 0.3 is 0 Å². The van der Waals surface area contributed by atoms with Crippen molar-refractivity contribution in [3.63, 3.8) is 0 Å². The molecule has 0 fully saturated rings. The van der Waals surface area contributed by atoms with E-state index in [2.05, 4.69) is 174 Å². The number of fused-ring (bicyclic) bond motifs is 3. The lowest BCUT2D eigenvalue weighted by Crippen LogP contribution is -2.33. The maximum Gasteiger partial charge on any atom is 0.159 e. The quantitative estimate of drug-likeness (QED) is 0.195. The molecule has 1 atom stereocenters. The van der Waals surface area contributed by atoms with Gasteiger partial charge < -0.3 is 9.88 Å². The van der Waals surface area contributed by atoms with Crippen molar-refractivity contribution in [2.24, 2.45) is 9.98 Å². The number of aliphatic imine (C=N–C) groups is 2. The minimum Gasteiger partial charge on any atom is -0.344 e. The fourth-order valence-electron chi connectivity index (χ4n) is 7.16. The number of para-hydroxylation sites is 2. The summed E-state index contributed by atoms with van der Waals surface area (Å²) in [5.74, 6) is 1.56. The highest BCUT2D eigenvalue weighted by atomic mass is 15.2. The van der Waals surface area contributed by atoms with E-state index in [0.29, 0.717) is 0 Å². The molecule has 0 saturated heterocycles. The first kappa shape index (κ1) is 28.9. The molecule has 1 aliphatic heterocycles. The van der Waals surface area contributed by atoms with Crippen LogP contribution in [0.25, 0.3) is 49.7 Å².